The van der Waals surface area contributed by atoms with Crippen LogP contribution in [0.5, 0.6) is 0 Å². The van der Waals surface area contributed by atoms with Crippen molar-refractivity contribution in [1.82, 2.24) is 4.90 Å². The van der Waals surface area contributed by atoms with Gasteiger partial charge in [0.1, 0.15) is 0 Å². The zero-order valence-corrected chi connectivity index (χ0v) is 23.0. The highest BCUT2D eigenvalue weighted by atomic mass is 16.5. The molecule has 3 heteroatoms. The third kappa shape index (κ3) is 16.1. The van der Waals surface area contributed by atoms with Crippen LogP contribution in [-0.4, -0.2) is 37.6 Å². The predicted molar refractivity (Wildman–Crippen MR) is 141 cm³/mol. The number of rotatable bonds is 23. The van der Waals surface area contributed by atoms with Crippen molar-refractivity contribution in [3.63, 3.8) is 0 Å². The minimum absolute atomic E-state index is 0.253. The van der Waals surface area contributed by atoms with Gasteiger partial charge in [0.25, 0.3) is 0 Å². The lowest BCUT2D eigenvalue weighted by atomic mass is 9.84. The standard InChI is InChI=1S/C29H59NO2/c1-7-9-11-13-15-19-23-27(24-20-16-14-12-10-8-2)30(5)28(31)29(3,4)25-21-17-18-22-26-32-6/h27H,7-26H2,1-6H3. The number of carbonyl (C=O) groups excluding carboxylic acids is 1. The maximum absolute atomic E-state index is 13.4. The molecular weight excluding hydrogens is 394 g/mol. The van der Waals surface area contributed by atoms with Crippen LogP contribution in [-0.2, 0) is 9.53 Å². The van der Waals surface area contributed by atoms with Gasteiger partial charge in [-0.2, -0.15) is 0 Å². The first kappa shape index (κ1) is 31.4. The number of methoxy groups -OCH3 is 1. The first-order chi connectivity index (χ1) is 15.4. The topological polar surface area (TPSA) is 29.5 Å². The number of ether oxygens (including phenoxy) is 1. The summed E-state index contributed by atoms with van der Waals surface area (Å²) in [7, 11) is 3.85. The third-order valence-corrected chi connectivity index (χ3v) is 7.13. The van der Waals surface area contributed by atoms with E-state index in [0.717, 1.165) is 25.9 Å². The molecule has 192 valence electrons. The quantitative estimate of drug-likeness (QED) is 0.144. The lowest BCUT2D eigenvalue weighted by molar-refractivity contribution is -0.142. The molecule has 0 radical (unpaired) electrons. The lowest BCUT2D eigenvalue weighted by Crippen LogP contribution is -2.44. The fraction of sp³-hybridized carbons (Fsp3) is 0.966. The van der Waals surface area contributed by atoms with Crippen LogP contribution in [0.4, 0.5) is 0 Å². The Bertz CT molecular complexity index is 405. The average Bonchev–Trinajstić information content (AvgIpc) is 2.78. The van der Waals surface area contributed by atoms with Crippen LogP contribution in [0.3, 0.4) is 0 Å². The molecule has 32 heavy (non-hydrogen) atoms. The zero-order chi connectivity index (χ0) is 24.1. The van der Waals surface area contributed by atoms with Gasteiger partial charge in [-0.15, -0.1) is 0 Å². The van der Waals surface area contributed by atoms with E-state index in [9.17, 15) is 4.79 Å². The van der Waals surface area contributed by atoms with Crippen LogP contribution >= 0.6 is 0 Å². The highest BCUT2D eigenvalue weighted by Gasteiger charge is 2.32. The van der Waals surface area contributed by atoms with E-state index in [1.54, 1.807) is 7.11 Å². The number of carbonyl (C=O) groups is 1. The van der Waals surface area contributed by atoms with Gasteiger partial charge in [0.05, 0.1) is 0 Å². The van der Waals surface area contributed by atoms with Crippen LogP contribution < -0.4 is 0 Å². The van der Waals surface area contributed by atoms with Crippen molar-refractivity contribution >= 4 is 5.91 Å². The average molecular weight is 454 g/mol. The van der Waals surface area contributed by atoms with Gasteiger partial charge in [-0.25, -0.2) is 0 Å². The molecule has 0 rings (SSSR count). The molecule has 0 unspecified atom stereocenters. The fourth-order valence-electron chi connectivity index (χ4n) is 4.77. The summed E-state index contributed by atoms with van der Waals surface area (Å²) >= 11 is 0. The molecule has 0 spiro atoms. The third-order valence-electron chi connectivity index (χ3n) is 7.13. The Morgan fingerprint density at radius 3 is 1.66 bits per heavy atom. The van der Waals surface area contributed by atoms with Gasteiger partial charge in [-0.3, -0.25) is 4.79 Å². The molecule has 0 aliphatic rings. The molecule has 0 saturated carbocycles. The Kier molecular flexibility index (Phi) is 20.6. The van der Waals surface area contributed by atoms with E-state index in [1.807, 2.05) is 0 Å². The number of unbranched alkanes of at least 4 members (excludes halogenated alkanes) is 13. The minimum atomic E-state index is -0.253. The van der Waals surface area contributed by atoms with E-state index in [0.29, 0.717) is 11.9 Å². The molecule has 0 aromatic carbocycles. The van der Waals surface area contributed by atoms with E-state index in [2.05, 4.69) is 39.6 Å². The van der Waals surface area contributed by atoms with E-state index >= 15 is 0 Å². The molecule has 0 aromatic rings. The summed E-state index contributed by atoms with van der Waals surface area (Å²) in [6.45, 7) is 9.72. The van der Waals surface area contributed by atoms with E-state index in [4.69, 9.17) is 4.74 Å². The van der Waals surface area contributed by atoms with E-state index < -0.39 is 0 Å². The maximum atomic E-state index is 13.4. The first-order valence-electron chi connectivity index (χ1n) is 14.2. The van der Waals surface area contributed by atoms with Crippen molar-refractivity contribution in [3.8, 4) is 0 Å². The van der Waals surface area contributed by atoms with Crippen molar-refractivity contribution in [1.29, 1.82) is 0 Å². The number of hydrogen-bond acceptors (Lipinski definition) is 2. The lowest BCUT2D eigenvalue weighted by Gasteiger charge is -2.35. The summed E-state index contributed by atoms with van der Waals surface area (Å²) in [5.74, 6) is 0.358. The molecule has 0 atom stereocenters. The van der Waals surface area contributed by atoms with Crippen LogP contribution in [0.15, 0.2) is 0 Å². The van der Waals surface area contributed by atoms with Gasteiger partial charge in [0.15, 0.2) is 0 Å². The largest absolute Gasteiger partial charge is 0.385 e. The van der Waals surface area contributed by atoms with Gasteiger partial charge in [0, 0.05) is 32.2 Å². The summed E-state index contributed by atoms with van der Waals surface area (Å²) in [6, 6.07) is 0.417. The highest BCUT2D eigenvalue weighted by Crippen LogP contribution is 2.29. The molecular formula is C29H59NO2. The van der Waals surface area contributed by atoms with Crippen LogP contribution in [0.25, 0.3) is 0 Å². The molecule has 0 aliphatic carbocycles. The Morgan fingerprint density at radius 2 is 1.16 bits per heavy atom. The second-order valence-corrected chi connectivity index (χ2v) is 10.7. The Labute approximate surface area is 202 Å². The van der Waals surface area contributed by atoms with Gasteiger partial charge in [0.2, 0.25) is 5.91 Å². The molecule has 0 saturated heterocycles. The normalized spacial score (nSPS) is 12.0. The Balaban J connectivity index is 4.60. The summed E-state index contributed by atoms with van der Waals surface area (Å²) in [6.07, 6.45) is 23.9. The highest BCUT2D eigenvalue weighted by molar-refractivity contribution is 5.82. The second kappa shape index (κ2) is 21.0. The number of nitrogens with zero attached hydrogens (tertiary/aromatic N) is 1. The molecule has 0 heterocycles. The molecule has 0 bridgehead atoms. The van der Waals surface area contributed by atoms with Gasteiger partial charge < -0.3 is 9.64 Å². The van der Waals surface area contributed by atoms with Crippen LogP contribution in [0.1, 0.15) is 150 Å². The SMILES string of the molecule is CCCCCCCCC(CCCCCCCC)N(C)C(=O)C(C)(C)CCCCCCOC. The number of amides is 1. The van der Waals surface area contributed by atoms with Crippen LogP contribution in [0, 0.1) is 5.41 Å². The van der Waals surface area contributed by atoms with Gasteiger partial charge >= 0.3 is 0 Å². The smallest absolute Gasteiger partial charge is 0.228 e. The fourth-order valence-corrected chi connectivity index (χ4v) is 4.77. The monoisotopic (exact) mass is 453 g/mol. The van der Waals surface area contributed by atoms with Crippen molar-refractivity contribution < 1.29 is 9.53 Å². The molecule has 3 nitrogen and oxygen atoms in total. The zero-order valence-electron chi connectivity index (χ0n) is 23.0. The van der Waals surface area contributed by atoms with E-state index in [1.165, 1.54) is 103 Å². The Hall–Kier alpha value is -0.570. The van der Waals surface area contributed by atoms with Crippen molar-refractivity contribution in [2.24, 2.45) is 5.41 Å². The second-order valence-electron chi connectivity index (χ2n) is 10.7. The molecule has 0 aliphatic heterocycles. The number of hydrogen-bond donors (Lipinski definition) is 0. The van der Waals surface area contributed by atoms with Gasteiger partial charge in [-0.05, 0) is 25.7 Å². The molecule has 0 aromatic heterocycles. The van der Waals surface area contributed by atoms with Gasteiger partial charge in [-0.1, -0.05) is 124 Å². The maximum Gasteiger partial charge on any atom is 0.228 e. The van der Waals surface area contributed by atoms with Crippen LogP contribution in [0.2, 0.25) is 0 Å². The van der Waals surface area contributed by atoms with Crippen molar-refractivity contribution in [2.75, 3.05) is 20.8 Å². The molecule has 1 amide bonds. The van der Waals surface area contributed by atoms with Crippen molar-refractivity contribution in [3.05, 3.63) is 0 Å². The van der Waals surface area contributed by atoms with E-state index in [-0.39, 0.29) is 5.41 Å². The molecule has 0 fully saturated rings. The van der Waals surface area contributed by atoms with Crippen molar-refractivity contribution in [2.45, 2.75) is 156 Å². The summed E-state index contributed by atoms with van der Waals surface area (Å²) < 4.78 is 5.14. The summed E-state index contributed by atoms with van der Waals surface area (Å²) in [5, 5.41) is 0. The Morgan fingerprint density at radius 1 is 0.719 bits per heavy atom. The predicted octanol–water partition coefficient (Wildman–Crippen LogP) is 8.94. The minimum Gasteiger partial charge on any atom is -0.385 e. The molecule has 0 N–H and O–H groups in total. The summed E-state index contributed by atoms with van der Waals surface area (Å²) in [4.78, 5) is 15.6. The summed E-state index contributed by atoms with van der Waals surface area (Å²) in [5.41, 5.74) is -0.253. The first-order valence-corrected chi connectivity index (χ1v) is 14.2.